The van der Waals surface area contributed by atoms with Gasteiger partial charge in [-0.3, -0.25) is 10.1 Å². The highest BCUT2D eigenvalue weighted by Gasteiger charge is 2.15. The van der Waals surface area contributed by atoms with Crippen LogP contribution in [-0.4, -0.2) is 17.1 Å². The summed E-state index contributed by atoms with van der Waals surface area (Å²) in [6.07, 6.45) is 0. The van der Waals surface area contributed by atoms with Gasteiger partial charge in [0, 0.05) is 6.07 Å². The molecule has 110 valence electrons. The summed E-state index contributed by atoms with van der Waals surface area (Å²) < 4.78 is 24.1. The molecule has 0 fully saturated rings. The fourth-order valence-electron chi connectivity index (χ4n) is 1.76. The quantitative estimate of drug-likeness (QED) is 0.677. The van der Waals surface area contributed by atoms with Crippen LogP contribution >= 0.6 is 0 Å². The number of non-ortho nitro benzene ring substituents is 1. The van der Waals surface area contributed by atoms with E-state index in [9.17, 15) is 19.6 Å². The molecule has 0 heterocycles. The molecule has 21 heavy (non-hydrogen) atoms. The molecule has 0 aliphatic heterocycles. The predicted molar refractivity (Wildman–Crippen MR) is 72.0 cm³/mol. The number of halogens is 1. The van der Waals surface area contributed by atoms with Gasteiger partial charge in [-0.1, -0.05) is 6.07 Å². The van der Waals surface area contributed by atoms with Crippen LogP contribution in [0.1, 0.15) is 5.56 Å². The highest BCUT2D eigenvalue weighted by Crippen LogP contribution is 2.36. The molecule has 2 aromatic carbocycles. The summed E-state index contributed by atoms with van der Waals surface area (Å²) in [5.41, 5.74) is -0.154. The smallest absolute Gasteiger partial charge is 0.273 e. The largest absolute Gasteiger partial charge is 0.493 e. The first-order valence-corrected chi connectivity index (χ1v) is 5.95. The van der Waals surface area contributed by atoms with Crippen molar-refractivity contribution in [2.75, 3.05) is 7.11 Å². The number of aliphatic hydroxyl groups is 1. The van der Waals surface area contributed by atoms with Crippen molar-refractivity contribution in [2.45, 2.75) is 6.61 Å². The summed E-state index contributed by atoms with van der Waals surface area (Å²) in [4.78, 5) is 10.1. The lowest BCUT2D eigenvalue weighted by Crippen LogP contribution is -1.97. The molecule has 0 aliphatic rings. The SMILES string of the molecule is COc1cc([N+](=O)[O-])ccc1Oc1cccc(F)c1CO. The highest BCUT2D eigenvalue weighted by atomic mass is 19.1. The molecular weight excluding hydrogens is 281 g/mol. The van der Waals surface area contributed by atoms with E-state index in [0.717, 1.165) is 0 Å². The second-order valence-corrected chi connectivity index (χ2v) is 4.07. The zero-order valence-corrected chi connectivity index (χ0v) is 11.1. The van der Waals surface area contributed by atoms with Crippen molar-refractivity contribution < 1.29 is 23.9 Å². The maximum atomic E-state index is 13.5. The number of nitro benzene ring substituents is 1. The molecule has 6 nitrogen and oxygen atoms in total. The predicted octanol–water partition coefficient (Wildman–Crippen LogP) is 3.03. The first kappa shape index (κ1) is 14.7. The fraction of sp³-hybridized carbons (Fsp3) is 0.143. The highest BCUT2D eigenvalue weighted by molar-refractivity contribution is 5.51. The molecule has 0 atom stereocenters. The summed E-state index contributed by atoms with van der Waals surface area (Å²) >= 11 is 0. The second-order valence-electron chi connectivity index (χ2n) is 4.07. The van der Waals surface area contributed by atoms with E-state index < -0.39 is 17.3 Å². The molecule has 0 amide bonds. The maximum Gasteiger partial charge on any atom is 0.273 e. The Labute approximate surface area is 119 Å². The number of hydrogen-bond donors (Lipinski definition) is 1. The van der Waals surface area contributed by atoms with Gasteiger partial charge in [0.1, 0.15) is 11.6 Å². The van der Waals surface area contributed by atoms with Gasteiger partial charge in [0.25, 0.3) is 5.69 Å². The van der Waals surface area contributed by atoms with Crippen LogP contribution in [0.3, 0.4) is 0 Å². The number of nitro groups is 1. The molecule has 7 heteroatoms. The molecule has 2 aromatic rings. The summed E-state index contributed by atoms with van der Waals surface area (Å²) in [6, 6.07) is 7.91. The van der Waals surface area contributed by atoms with Crippen LogP contribution < -0.4 is 9.47 Å². The van der Waals surface area contributed by atoms with E-state index in [4.69, 9.17) is 9.47 Å². The van der Waals surface area contributed by atoms with E-state index in [0.29, 0.717) is 0 Å². The van der Waals surface area contributed by atoms with Gasteiger partial charge in [0.15, 0.2) is 11.5 Å². The summed E-state index contributed by atoms with van der Waals surface area (Å²) in [7, 11) is 1.34. The second kappa shape index (κ2) is 6.19. The van der Waals surface area contributed by atoms with Crippen LogP contribution in [0, 0.1) is 15.9 Å². The van der Waals surface area contributed by atoms with Crippen LogP contribution in [0.2, 0.25) is 0 Å². The van der Waals surface area contributed by atoms with Crippen molar-refractivity contribution in [1.82, 2.24) is 0 Å². The minimum atomic E-state index is -0.601. The fourth-order valence-corrected chi connectivity index (χ4v) is 1.76. The van der Waals surface area contributed by atoms with E-state index >= 15 is 0 Å². The Morgan fingerprint density at radius 1 is 1.24 bits per heavy atom. The first-order chi connectivity index (χ1) is 10.1. The van der Waals surface area contributed by atoms with Crippen molar-refractivity contribution in [2.24, 2.45) is 0 Å². The van der Waals surface area contributed by atoms with Crippen molar-refractivity contribution in [3.05, 3.63) is 57.9 Å². The van der Waals surface area contributed by atoms with Gasteiger partial charge >= 0.3 is 0 Å². The molecule has 2 rings (SSSR count). The van der Waals surface area contributed by atoms with Crippen LogP contribution in [0.5, 0.6) is 17.2 Å². The van der Waals surface area contributed by atoms with Crippen molar-refractivity contribution in [1.29, 1.82) is 0 Å². The Morgan fingerprint density at radius 3 is 2.62 bits per heavy atom. The standard InChI is InChI=1S/C14H12FNO5/c1-20-14-7-9(16(18)19)5-6-13(14)21-12-4-2-3-11(15)10(12)8-17/h2-7,17H,8H2,1H3. The van der Waals surface area contributed by atoms with Crippen molar-refractivity contribution in [3.63, 3.8) is 0 Å². The Kier molecular flexibility index (Phi) is 4.34. The lowest BCUT2D eigenvalue weighted by molar-refractivity contribution is -0.384. The molecule has 0 saturated carbocycles. The van der Waals surface area contributed by atoms with Gasteiger partial charge in [-0.2, -0.15) is 0 Å². The number of ether oxygens (including phenoxy) is 2. The van der Waals surface area contributed by atoms with Crippen molar-refractivity contribution in [3.8, 4) is 17.2 Å². The maximum absolute atomic E-state index is 13.5. The lowest BCUT2D eigenvalue weighted by atomic mass is 10.2. The number of aliphatic hydroxyl groups excluding tert-OH is 1. The molecule has 0 aromatic heterocycles. The van der Waals surface area contributed by atoms with Crippen LogP contribution in [0.4, 0.5) is 10.1 Å². The average molecular weight is 293 g/mol. The molecule has 0 saturated heterocycles. The number of rotatable bonds is 5. The Hall–Kier alpha value is -2.67. The van der Waals surface area contributed by atoms with Crippen LogP contribution in [-0.2, 0) is 6.61 Å². The third-order valence-corrected chi connectivity index (χ3v) is 2.81. The molecule has 1 N–H and O–H groups in total. The summed E-state index contributed by atoms with van der Waals surface area (Å²) in [5.74, 6) is -0.165. The molecule has 0 unspecified atom stereocenters. The number of hydrogen-bond acceptors (Lipinski definition) is 5. The van der Waals surface area contributed by atoms with Gasteiger partial charge in [0.2, 0.25) is 0 Å². The van der Waals surface area contributed by atoms with Crippen LogP contribution in [0.25, 0.3) is 0 Å². The summed E-state index contributed by atoms with van der Waals surface area (Å²) in [5, 5.41) is 19.9. The third kappa shape index (κ3) is 3.09. The molecule has 0 aliphatic carbocycles. The van der Waals surface area contributed by atoms with Gasteiger partial charge in [-0.15, -0.1) is 0 Å². The monoisotopic (exact) mass is 293 g/mol. The third-order valence-electron chi connectivity index (χ3n) is 2.81. The van der Waals surface area contributed by atoms with Crippen LogP contribution in [0.15, 0.2) is 36.4 Å². The molecule has 0 bridgehead atoms. The first-order valence-electron chi connectivity index (χ1n) is 5.95. The van der Waals surface area contributed by atoms with E-state index in [2.05, 4.69) is 0 Å². The minimum Gasteiger partial charge on any atom is -0.493 e. The Bertz CT molecular complexity index is 674. The van der Waals surface area contributed by atoms with E-state index in [-0.39, 0.29) is 28.5 Å². The van der Waals surface area contributed by atoms with E-state index in [1.807, 2.05) is 0 Å². The topological polar surface area (TPSA) is 81.8 Å². The summed E-state index contributed by atoms with van der Waals surface area (Å²) in [6.45, 7) is -0.530. The molecular formula is C14H12FNO5. The van der Waals surface area contributed by atoms with Gasteiger partial charge in [-0.25, -0.2) is 4.39 Å². The van der Waals surface area contributed by atoms with Gasteiger partial charge < -0.3 is 14.6 Å². The lowest BCUT2D eigenvalue weighted by Gasteiger charge is -2.13. The van der Waals surface area contributed by atoms with Crippen molar-refractivity contribution >= 4 is 5.69 Å². The molecule has 0 radical (unpaired) electrons. The normalized spacial score (nSPS) is 10.2. The minimum absolute atomic E-state index is 0.00194. The number of benzene rings is 2. The Balaban J connectivity index is 2.40. The van der Waals surface area contributed by atoms with Gasteiger partial charge in [0.05, 0.1) is 30.3 Å². The van der Waals surface area contributed by atoms with E-state index in [1.54, 1.807) is 0 Å². The Morgan fingerprint density at radius 2 is 2.00 bits per heavy atom. The number of nitrogens with zero attached hydrogens (tertiary/aromatic N) is 1. The zero-order chi connectivity index (χ0) is 15.4. The van der Waals surface area contributed by atoms with Gasteiger partial charge in [-0.05, 0) is 18.2 Å². The molecule has 0 spiro atoms. The van der Waals surface area contributed by atoms with E-state index in [1.165, 1.54) is 43.5 Å². The number of methoxy groups -OCH3 is 1. The zero-order valence-electron chi connectivity index (χ0n) is 11.1. The average Bonchev–Trinajstić information content (AvgIpc) is 2.47.